The molecule has 0 fully saturated rings. The summed E-state index contributed by atoms with van der Waals surface area (Å²) in [5.74, 6) is -0.281. The number of carbonyl (C=O) groups excluding carboxylic acids is 3. The van der Waals surface area contributed by atoms with Crippen molar-refractivity contribution in [3.63, 3.8) is 0 Å². The molecule has 2 unspecified atom stereocenters. The number of esters is 1. The van der Waals surface area contributed by atoms with Gasteiger partial charge in [-0.2, -0.15) is 0 Å². The number of ether oxygens (including phenoxy) is 1. The summed E-state index contributed by atoms with van der Waals surface area (Å²) < 4.78 is 7.26. The zero-order chi connectivity index (χ0) is 40.4. The molecular weight excluding hydrogens is 875 g/mol. The first kappa shape index (κ1) is 49.6. The molecule has 4 aromatic carbocycles. The number of anilines is 2. The summed E-state index contributed by atoms with van der Waals surface area (Å²) in [7, 11) is 0. The van der Waals surface area contributed by atoms with E-state index in [2.05, 4.69) is 111 Å². The third kappa shape index (κ3) is 16.3. The number of carbonyl (C=O) groups is 3. The Morgan fingerprint density at radius 2 is 1.10 bits per heavy atom. The number of halogens is 2. The predicted octanol–water partition coefficient (Wildman–Crippen LogP) is 5.98. The van der Waals surface area contributed by atoms with Gasteiger partial charge in [0.05, 0.1) is 6.73 Å². The molecule has 12 nitrogen and oxygen atoms in total. The fourth-order valence-corrected chi connectivity index (χ4v) is 7.94. The number of hydrogen-bond acceptors (Lipinski definition) is 8. The van der Waals surface area contributed by atoms with Crippen LogP contribution in [-0.2, 0) is 22.4 Å². The summed E-state index contributed by atoms with van der Waals surface area (Å²) in [5.41, 5.74) is 6.90. The van der Waals surface area contributed by atoms with E-state index in [0.717, 1.165) is 84.8 Å². The largest absolute Gasteiger partial charge is 1.00 e. The van der Waals surface area contributed by atoms with Crippen LogP contribution in [0, 0.1) is 0 Å². The minimum absolute atomic E-state index is 0. The summed E-state index contributed by atoms with van der Waals surface area (Å²) in [6.45, 7) is 4.30. The number of benzene rings is 4. The van der Waals surface area contributed by atoms with Gasteiger partial charge >= 0.3 is 36.9 Å². The number of urea groups is 2. The van der Waals surface area contributed by atoms with Gasteiger partial charge in [-0.3, -0.25) is 14.6 Å². The molecule has 312 valence electrons. The molecule has 0 aromatic heterocycles. The Bertz CT molecular complexity index is 1890. The van der Waals surface area contributed by atoms with Gasteiger partial charge in [-0.05, 0) is 122 Å². The van der Waals surface area contributed by atoms with Crippen LogP contribution < -0.4 is 40.1 Å². The summed E-state index contributed by atoms with van der Waals surface area (Å²) in [6, 6.07) is 31.9. The van der Waals surface area contributed by atoms with Crippen molar-refractivity contribution in [3.8, 4) is 0 Å². The van der Waals surface area contributed by atoms with E-state index in [9.17, 15) is 19.5 Å². The van der Waals surface area contributed by atoms with Crippen molar-refractivity contribution >= 4 is 61.3 Å². The van der Waals surface area contributed by atoms with E-state index in [1.807, 2.05) is 48.5 Å². The maximum Gasteiger partial charge on any atom is 1.00 e. The Hall–Kier alpha value is -3.71. The average molecular weight is 931 g/mol. The zero-order valence-corrected chi connectivity index (χ0v) is 37.1. The first-order chi connectivity index (χ1) is 27.7. The van der Waals surface area contributed by atoms with Crippen LogP contribution in [0.3, 0.4) is 0 Å². The molecule has 15 heteroatoms. The fourth-order valence-electron chi connectivity index (χ4n) is 7.41. The van der Waals surface area contributed by atoms with Crippen LogP contribution in [0.1, 0.15) is 79.8 Å². The molecular formula is C44H55Br2LiN6O6. The molecule has 0 heterocycles. The summed E-state index contributed by atoms with van der Waals surface area (Å²) >= 11 is 6.75. The maximum absolute atomic E-state index is 12.1. The van der Waals surface area contributed by atoms with Crippen LogP contribution in [0.4, 0.5) is 21.0 Å². The van der Waals surface area contributed by atoms with Gasteiger partial charge in [-0.25, -0.2) is 9.59 Å². The quantitative estimate of drug-likeness (QED) is 0.0421. The van der Waals surface area contributed by atoms with Gasteiger partial charge in [-0.15, -0.1) is 0 Å². The van der Waals surface area contributed by atoms with E-state index in [1.165, 1.54) is 29.2 Å². The number of rotatable bonds is 15. The molecule has 59 heavy (non-hydrogen) atoms. The van der Waals surface area contributed by atoms with Gasteiger partial charge in [0.25, 0.3) is 0 Å². The van der Waals surface area contributed by atoms with Crippen LogP contribution in [0.2, 0.25) is 0 Å². The number of aryl methyl sites for hydroxylation is 2. The minimum Gasteiger partial charge on any atom is -0.870 e. The van der Waals surface area contributed by atoms with Gasteiger partial charge < -0.3 is 36.6 Å². The van der Waals surface area contributed by atoms with Crippen LogP contribution >= 0.6 is 31.9 Å². The first-order valence-corrected chi connectivity index (χ1v) is 21.3. The minimum atomic E-state index is -0.281. The Morgan fingerprint density at radius 1 is 0.678 bits per heavy atom. The number of fused-ring (bicyclic) bond motifs is 2. The Kier molecular flexibility index (Phi) is 22.3. The standard InChI is InChI=1S/C23H28BrN3O3.C21H26BrN3O2.Li.H2O/c1-17(28)30-16-27(22-9-4-7-18-6-2-3-8-21(18)22)15-5-14-25-23(29)26-20-12-10-19(24)11-13-20;22-17-9-11-18(12-10-17)24-21(27)23-13-4-14-25(15-26)20-8-3-6-16-5-1-2-7-19(16)20;;/h2-3,6,8,10-13,22H,4-5,7,9,14-16H2,1H3,(H2,25,26,29);1-2,5,7,9-12,20,26H,3-4,6,8,13-15H2,(H2,23,24,27);;1H2/q;;+1;/p-1. The van der Waals surface area contributed by atoms with Crippen LogP contribution in [0.5, 0.6) is 0 Å². The van der Waals surface area contributed by atoms with Crippen molar-refractivity contribution in [2.75, 3.05) is 50.3 Å². The van der Waals surface area contributed by atoms with Gasteiger partial charge in [-0.1, -0.05) is 80.4 Å². The molecule has 0 aliphatic heterocycles. The number of nitrogens with zero attached hydrogens (tertiary/aromatic N) is 2. The van der Waals surface area contributed by atoms with Crippen LogP contribution in [0.25, 0.3) is 0 Å². The zero-order valence-electron chi connectivity index (χ0n) is 34.0. The second-order valence-corrected chi connectivity index (χ2v) is 16.1. The van der Waals surface area contributed by atoms with Crippen molar-refractivity contribution in [2.45, 2.75) is 70.4 Å². The van der Waals surface area contributed by atoms with Crippen LogP contribution in [-0.4, -0.2) is 78.1 Å². The van der Waals surface area contributed by atoms with E-state index in [0.29, 0.717) is 13.1 Å². The normalized spacial score (nSPS) is 15.2. The smallest absolute Gasteiger partial charge is 0.870 e. The van der Waals surface area contributed by atoms with Crippen LogP contribution in [0.15, 0.2) is 106 Å². The van der Waals surface area contributed by atoms with Crippen molar-refractivity contribution in [3.05, 3.63) is 128 Å². The Morgan fingerprint density at radius 3 is 1.54 bits per heavy atom. The van der Waals surface area contributed by atoms with Crippen molar-refractivity contribution in [1.29, 1.82) is 0 Å². The molecule has 2 aliphatic rings. The molecule has 0 radical (unpaired) electrons. The van der Waals surface area contributed by atoms with Crippen molar-refractivity contribution in [1.82, 2.24) is 20.4 Å². The molecule has 0 bridgehead atoms. The summed E-state index contributed by atoms with van der Waals surface area (Å²) in [6.07, 6.45) is 8.11. The van der Waals surface area contributed by atoms with E-state index in [-0.39, 0.29) is 67.9 Å². The number of hydrogen-bond donors (Lipinski definition) is 5. The SMILES string of the molecule is CC(=O)OCN(CCCNC(=O)Nc1ccc(Br)cc1)C1CCCc2ccccc21.O=C(NCCCN(CO)C1CCCc2ccccc21)Nc1ccc(Br)cc1.[Li+].[OH-]. The molecule has 2 aliphatic carbocycles. The molecule has 6 rings (SSSR count). The Balaban J connectivity index is 0.000000306. The van der Waals surface area contributed by atoms with Crippen molar-refractivity contribution < 1.29 is 48.6 Å². The third-order valence-electron chi connectivity index (χ3n) is 10.2. The first-order valence-electron chi connectivity index (χ1n) is 19.7. The molecule has 0 saturated heterocycles. The topological polar surface area (TPSA) is 165 Å². The fraction of sp³-hybridized carbons (Fsp3) is 0.386. The van der Waals surface area contributed by atoms with E-state index < -0.39 is 0 Å². The van der Waals surface area contributed by atoms with Gasteiger partial charge in [0.15, 0.2) is 0 Å². The van der Waals surface area contributed by atoms with Gasteiger partial charge in [0.1, 0.15) is 6.73 Å². The molecule has 2 atom stereocenters. The molecule has 0 spiro atoms. The number of aliphatic hydroxyl groups is 1. The van der Waals surface area contributed by atoms with Gasteiger partial charge in [0, 0.05) is 65.5 Å². The molecule has 4 aromatic rings. The van der Waals surface area contributed by atoms with Crippen molar-refractivity contribution in [2.24, 2.45) is 0 Å². The number of nitrogens with one attached hydrogen (secondary N) is 4. The van der Waals surface area contributed by atoms with Gasteiger partial charge in [0.2, 0.25) is 0 Å². The van der Waals surface area contributed by atoms with E-state index in [4.69, 9.17) is 4.74 Å². The summed E-state index contributed by atoms with van der Waals surface area (Å²) in [5, 5.41) is 21.3. The average Bonchev–Trinajstić information content (AvgIpc) is 3.22. The molecule has 4 amide bonds. The Labute approximate surface area is 377 Å². The van der Waals surface area contributed by atoms with E-state index in [1.54, 1.807) is 0 Å². The predicted molar refractivity (Wildman–Crippen MR) is 235 cm³/mol. The monoisotopic (exact) mass is 928 g/mol. The number of aliphatic hydroxyl groups excluding tert-OH is 1. The molecule has 6 N–H and O–H groups in total. The second kappa shape index (κ2) is 26.5. The second-order valence-electron chi connectivity index (χ2n) is 14.2. The third-order valence-corrected chi connectivity index (χ3v) is 11.2. The van der Waals surface area contributed by atoms with E-state index >= 15 is 0 Å². The number of amides is 4. The summed E-state index contributed by atoms with van der Waals surface area (Å²) in [4.78, 5) is 39.8. The molecule has 0 saturated carbocycles. The maximum atomic E-state index is 12.1.